The van der Waals surface area contributed by atoms with Gasteiger partial charge in [-0.1, -0.05) is 19.9 Å². The molecule has 1 amide bonds. The number of likely N-dealkylation sites (tertiary alicyclic amines) is 1. The van der Waals surface area contributed by atoms with Crippen molar-refractivity contribution in [2.75, 3.05) is 13.1 Å². The fourth-order valence-electron chi connectivity index (χ4n) is 3.02. The van der Waals surface area contributed by atoms with Gasteiger partial charge in [-0.05, 0) is 30.9 Å². The number of piperidine rings is 1. The zero-order valence-corrected chi connectivity index (χ0v) is 13.1. The van der Waals surface area contributed by atoms with Gasteiger partial charge in [0.05, 0.1) is 6.04 Å². The number of carbonyl (C=O) groups is 1. The number of hydrogen-bond acceptors (Lipinski definition) is 4. The van der Waals surface area contributed by atoms with Gasteiger partial charge in [-0.3, -0.25) is 9.20 Å². The lowest BCUT2D eigenvalue weighted by Crippen LogP contribution is -2.49. The van der Waals surface area contributed by atoms with Gasteiger partial charge in [0.1, 0.15) is 5.82 Å². The SMILES string of the molecule is CC(C)[C@H](N)C(=O)N1CCCC(c2nnc3ccccn23)C1. The quantitative estimate of drug-likeness (QED) is 0.930. The van der Waals surface area contributed by atoms with Crippen molar-refractivity contribution >= 4 is 11.6 Å². The van der Waals surface area contributed by atoms with E-state index in [0.717, 1.165) is 30.9 Å². The van der Waals surface area contributed by atoms with Crippen LogP contribution in [0.15, 0.2) is 24.4 Å². The first-order valence-corrected chi connectivity index (χ1v) is 7.92. The van der Waals surface area contributed by atoms with Crippen LogP contribution in [0.3, 0.4) is 0 Å². The first-order chi connectivity index (χ1) is 10.6. The summed E-state index contributed by atoms with van der Waals surface area (Å²) in [6.45, 7) is 5.42. The molecule has 0 bridgehead atoms. The van der Waals surface area contributed by atoms with E-state index in [2.05, 4.69) is 10.2 Å². The van der Waals surface area contributed by atoms with Crippen LogP contribution in [0.5, 0.6) is 0 Å². The van der Waals surface area contributed by atoms with Gasteiger partial charge in [-0.25, -0.2) is 0 Å². The molecule has 0 spiro atoms. The van der Waals surface area contributed by atoms with Crippen molar-refractivity contribution in [1.29, 1.82) is 0 Å². The molecule has 1 saturated heterocycles. The maximum absolute atomic E-state index is 12.5. The van der Waals surface area contributed by atoms with Crippen molar-refractivity contribution in [3.63, 3.8) is 0 Å². The van der Waals surface area contributed by atoms with E-state index < -0.39 is 6.04 Å². The first-order valence-electron chi connectivity index (χ1n) is 7.92. The summed E-state index contributed by atoms with van der Waals surface area (Å²) in [6, 6.07) is 5.44. The third-order valence-corrected chi connectivity index (χ3v) is 4.44. The molecule has 0 saturated carbocycles. The van der Waals surface area contributed by atoms with Crippen LogP contribution in [0.2, 0.25) is 0 Å². The Balaban J connectivity index is 1.80. The maximum atomic E-state index is 12.5. The maximum Gasteiger partial charge on any atom is 0.239 e. The molecule has 1 fully saturated rings. The minimum atomic E-state index is -0.422. The Morgan fingerprint density at radius 1 is 1.36 bits per heavy atom. The number of aromatic nitrogens is 3. The Kier molecular flexibility index (Phi) is 4.11. The van der Waals surface area contributed by atoms with Crippen LogP contribution >= 0.6 is 0 Å². The number of amides is 1. The van der Waals surface area contributed by atoms with Crippen LogP contribution in [0, 0.1) is 5.92 Å². The van der Waals surface area contributed by atoms with E-state index in [0.29, 0.717) is 6.54 Å². The number of rotatable bonds is 3. The van der Waals surface area contributed by atoms with Gasteiger partial charge in [-0.15, -0.1) is 10.2 Å². The summed E-state index contributed by atoms with van der Waals surface area (Å²) in [4.78, 5) is 14.4. The van der Waals surface area contributed by atoms with Gasteiger partial charge in [0, 0.05) is 25.2 Å². The van der Waals surface area contributed by atoms with Crippen molar-refractivity contribution in [1.82, 2.24) is 19.5 Å². The number of hydrogen-bond donors (Lipinski definition) is 1. The minimum absolute atomic E-state index is 0.0496. The van der Waals surface area contributed by atoms with Crippen LogP contribution in [-0.4, -0.2) is 44.5 Å². The lowest BCUT2D eigenvalue weighted by atomic mass is 9.95. The monoisotopic (exact) mass is 301 g/mol. The molecular formula is C16H23N5O. The van der Waals surface area contributed by atoms with Crippen molar-refractivity contribution in [2.24, 2.45) is 11.7 Å². The molecule has 3 heterocycles. The fourth-order valence-corrected chi connectivity index (χ4v) is 3.02. The van der Waals surface area contributed by atoms with Gasteiger partial charge >= 0.3 is 0 Å². The molecule has 0 radical (unpaired) electrons. The van der Waals surface area contributed by atoms with E-state index in [4.69, 9.17) is 5.73 Å². The lowest BCUT2D eigenvalue weighted by molar-refractivity contribution is -0.134. The second-order valence-corrected chi connectivity index (χ2v) is 6.38. The standard InChI is InChI=1S/C16H23N5O/c1-11(2)14(17)16(22)20-8-5-6-12(10-20)15-19-18-13-7-3-4-9-21(13)15/h3-4,7,9,11-12,14H,5-6,8,10,17H2,1-2H3/t12?,14-/m0/s1. The van der Waals surface area contributed by atoms with E-state index in [9.17, 15) is 4.79 Å². The van der Waals surface area contributed by atoms with Gasteiger partial charge in [0.2, 0.25) is 5.91 Å². The molecule has 22 heavy (non-hydrogen) atoms. The molecule has 6 heteroatoms. The lowest BCUT2D eigenvalue weighted by Gasteiger charge is -2.34. The summed E-state index contributed by atoms with van der Waals surface area (Å²) >= 11 is 0. The Hall–Kier alpha value is -1.95. The van der Waals surface area contributed by atoms with Gasteiger partial charge in [0.15, 0.2) is 5.65 Å². The van der Waals surface area contributed by atoms with Crippen LogP contribution in [-0.2, 0) is 4.79 Å². The van der Waals surface area contributed by atoms with Gasteiger partial charge < -0.3 is 10.6 Å². The van der Waals surface area contributed by atoms with Gasteiger partial charge in [-0.2, -0.15) is 0 Å². The Morgan fingerprint density at radius 3 is 2.95 bits per heavy atom. The third-order valence-electron chi connectivity index (χ3n) is 4.44. The molecule has 2 N–H and O–H groups in total. The molecule has 0 aliphatic carbocycles. The van der Waals surface area contributed by atoms with Crippen molar-refractivity contribution in [3.05, 3.63) is 30.2 Å². The average Bonchev–Trinajstić information content (AvgIpc) is 2.97. The van der Waals surface area contributed by atoms with Crippen molar-refractivity contribution in [2.45, 2.75) is 38.6 Å². The number of fused-ring (bicyclic) bond motifs is 1. The fraction of sp³-hybridized carbons (Fsp3) is 0.562. The minimum Gasteiger partial charge on any atom is -0.341 e. The zero-order valence-electron chi connectivity index (χ0n) is 13.1. The van der Waals surface area contributed by atoms with Crippen LogP contribution in [0.4, 0.5) is 0 Å². The Labute approximate surface area is 130 Å². The molecule has 1 aliphatic heterocycles. The molecule has 1 aliphatic rings. The summed E-state index contributed by atoms with van der Waals surface area (Å²) in [5.41, 5.74) is 6.87. The molecule has 2 atom stereocenters. The average molecular weight is 301 g/mol. The number of nitrogens with zero attached hydrogens (tertiary/aromatic N) is 4. The van der Waals surface area contributed by atoms with Gasteiger partial charge in [0.25, 0.3) is 0 Å². The van der Waals surface area contributed by atoms with E-state index >= 15 is 0 Å². The second-order valence-electron chi connectivity index (χ2n) is 6.38. The summed E-state index contributed by atoms with van der Waals surface area (Å²) < 4.78 is 2.01. The third kappa shape index (κ3) is 2.70. The Morgan fingerprint density at radius 2 is 2.18 bits per heavy atom. The zero-order chi connectivity index (χ0) is 15.7. The van der Waals surface area contributed by atoms with Crippen LogP contribution in [0.1, 0.15) is 38.4 Å². The summed E-state index contributed by atoms with van der Waals surface area (Å²) in [7, 11) is 0. The summed E-state index contributed by atoms with van der Waals surface area (Å²) in [5, 5.41) is 8.55. The first kappa shape index (κ1) is 15.0. The van der Waals surface area contributed by atoms with E-state index in [1.54, 1.807) is 0 Å². The van der Waals surface area contributed by atoms with Crippen LogP contribution < -0.4 is 5.73 Å². The number of nitrogens with two attached hydrogens (primary N) is 1. The topological polar surface area (TPSA) is 76.5 Å². The molecular weight excluding hydrogens is 278 g/mol. The highest BCUT2D eigenvalue weighted by Gasteiger charge is 2.30. The molecule has 6 nitrogen and oxygen atoms in total. The largest absolute Gasteiger partial charge is 0.341 e. The molecule has 118 valence electrons. The predicted molar refractivity (Wildman–Crippen MR) is 84.4 cm³/mol. The molecule has 3 rings (SSSR count). The van der Waals surface area contributed by atoms with Crippen LogP contribution in [0.25, 0.3) is 5.65 Å². The van der Waals surface area contributed by atoms with E-state index in [1.807, 2.05) is 47.5 Å². The molecule has 2 aromatic rings. The Bertz CT molecular complexity index is 665. The number of carbonyl (C=O) groups excluding carboxylic acids is 1. The number of pyridine rings is 1. The molecule has 2 aromatic heterocycles. The highest BCUT2D eigenvalue weighted by atomic mass is 16.2. The second kappa shape index (κ2) is 6.04. The smallest absolute Gasteiger partial charge is 0.239 e. The highest BCUT2D eigenvalue weighted by Crippen LogP contribution is 2.26. The highest BCUT2D eigenvalue weighted by molar-refractivity contribution is 5.82. The molecule has 0 aromatic carbocycles. The normalized spacial score (nSPS) is 20.5. The van der Waals surface area contributed by atoms with Crippen molar-refractivity contribution in [3.8, 4) is 0 Å². The van der Waals surface area contributed by atoms with E-state index in [-0.39, 0.29) is 17.7 Å². The molecule has 1 unspecified atom stereocenters. The predicted octanol–water partition coefficient (Wildman–Crippen LogP) is 1.42. The van der Waals surface area contributed by atoms with Crippen molar-refractivity contribution < 1.29 is 4.79 Å². The summed E-state index contributed by atoms with van der Waals surface area (Å²) in [5.74, 6) is 1.36. The summed E-state index contributed by atoms with van der Waals surface area (Å²) in [6.07, 6.45) is 3.98. The van der Waals surface area contributed by atoms with E-state index in [1.165, 1.54) is 0 Å².